The Kier molecular flexibility index (Phi) is 3.60. The monoisotopic (exact) mass is 195 g/mol. The summed E-state index contributed by atoms with van der Waals surface area (Å²) in [7, 11) is 0. The Morgan fingerprint density at radius 1 is 1.50 bits per heavy atom. The smallest absolute Gasteiger partial charge is 0.0680 e. The third-order valence-corrected chi connectivity index (χ3v) is 3.39. The number of rotatable bonds is 2. The van der Waals surface area contributed by atoms with E-state index in [1.807, 2.05) is 0 Å². The van der Waals surface area contributed by atoms with Crippen LogP contribution < -0.4 is 5.32 Å². The first-order chi connectivity index (χ1) is 6.86. The first kappa shape index (κ1) is 10.2. The van der Waals surface area contributed by atoms with Crippen LogP contribution in [0.2, 0.25) is 0 Å². The Labute approximate surface area is 86.7 Å². The summed E-state index contributed by atoms with van der Waals surface area (Å²) >= 11 is 0. The predicted octanol–water partition coefficient (Wildman–Crippen LogP) is 2.26. The van der Waals surface area contributed by atoms with Gasteiger partial charge in [0.2, 0.25) is 0 Å². The standard InChI is InChI=1S/C12H21NO/c1-10(11-5-7-14-9-11)8-12-4-2-3-6-13-12/h12-13H,2-9H2,1H3/b11-10+. The summed E-state index contributed by atoms with van der Waals surface area (Å²) in [6, 6.07) is 0.733. The fourth-order valence-corrected chi connectivity index (χ4v) is 2.41. The van der Waals surface area contributed by atoms with Gasteiger partial charge in [-0.15, -0.1) is 0 Å². The highest BCUT2D eigenvalue weighted by Gasteiger charge is 2.16. The van der Waals surface area contributed by atoms with Crippen LogP contribution in [0.15, 0.2) is 11.1 Å². The first-order valence-corrected chi connectivity index (χ1v) is 5.85. The third kappa shape index (κ3) is 2.58. The molecular weight excluding hydrogens is 174 g/mol. The van der Waals surface area contributed by atoms with Crippen molar-refractivity contribution in [1.29, 1.82) is 0 Å². The summed E-state index contributed by atoms with van der Waals surface area (Å²) in [6.07, 6.45) is 6.51. The van der Waals surface area contributed by atoms with E-state index in [9.17, 15) is 0 Å². The summed E-state index contributed by atoms with van der Waals surface area (Å²) in [5.74, 6) is 0. The molecule has 2 nitrogen and oxygen atoms in total. The van der Waals surface area contributed by atoms with Crippen LogP contribution in [0.1, 0.15) is 39.0 Å². The average molecular weight is 195 g/mol. The minimum Gasteiger partial charge on any atom is -0.377 e. The van der Waals surface area contributed by atoms with Gasteiger partial charge in [-0.05, 0) is 44.7 Å². The fourth-order valence-electron chi connectivity index (χ4n) is 2.41. The summed E-state index contributed by atoms with van der Waals surface area (Å²) in [4.78, 5) is 0. The minimum atomic E-state index is 0.733. The van der Waals surface area contributed by atoms with E-state index in [0.29, 0.717) is 0 Å². The zero-order valence-electron chi connectivity index (χ0n) is 9.14. The van der Waals surface area contributed by atoms with Crippen molar-refractivity contribution in [1.82, 2.24) is 5.32 Å². The molecule has 2 aliphatic heterocycles. The topological polar surface area (TPSA) is 21.3 Å². The summed E-state index contributed by atoms with van der Waals surface area (Å²) in [5, 5.41) is 3.60. The van der Waals surface area contributed by atoms with Gasteiger partial charge in [0.25, 0.3) is 0 Å². The molecule has 2 fully saturated rings. The molecular formula is C12H21NO. The van der Waals surface area contributed by atoms with Crippen LogP contribution >= 0.6 is 0 Å². The Morgan fingerprint density at radius 2 is 2.43 bits per heavy atom. The van der Waals surface area contributed by atoms with Crippen LogP contribution in [-0.4, -0.2) is 25.8 Å². The maximum atomic E-state index is 5.39. The SMILES string of the molecule is C/C(CC1CCCCN1)=C1/CCOC1. The lowest BCUT2D eigenvalue weighted by Gasteiger charge is -2.24. The summed E-state index contributed by atoms with van der Waals surface area (Å²) in [5.41, 5.74) is 3.12. The second-order valence-electron chi connectivity index (χ2n) is 4.54. The van der Waals surface area contributed by atoms with Crippen molar-refractivity contribution in [2.75, 3.05) is 19.8 Å². The van der Waals surface area contributed by atoms with Crippen LogP contribution in [0, 0.1) is 0 Å². The molecule has 1 N–H and O–H groups in total. The molecule has 80 valence electrons. The lowest BCUT2D eigenvalue weighted by molar-refractivity contribution is 0.204. The van der Waals surface area contributed by atoms with Crippen molar-refractivity contribution in [3.8, 4) is 0 Å². The van der Waals surface area contributed by atoms with Crippen LogP contribution in [0.5, 0.6) is 0 Å². The second kappa shape index (κ2) is 4.94. The van der Waals surface area contributed by atoms with Gasteiger partial charge in [0, 0.05) is 6.04 Å². The number of hydrogen-bond donors (Lipinski definition) is 1. The van der Waals surface area contributed by atoms with Gasteiger partial charge >= 0.3 is 0 Å². The van der Waals surface area contributed by atoms with Crippen molar-refractivity contribution in [2.45, 2.75) is 45.1 Å². The molecule has 0 saturated carbocycles. The van der Waals surface area contributed by atoms with Crippen LogP contribution in [0.3, 0.4) is 0 Å². The number of piperidine rings is 1. The lowest BCUT2D eigenvalue weighted by atomic mass is 9.95. The molecule has 2 heterocycles. The number of nitrogens with one attached hydrogen (secondary N) is 1. The third-order valence-electron chi connectivity index (χ3n) is 3.39. The molecule has 0 aliphatic carbocycles. The van der Waals surface area contributed by atoms with E-state index in [-0.39, 0.29) is 0 Å². The van der Waals surface area contributed by atoms with Gasteiger partial charge in [0.05, 0.1) is 13.2 Å². The Morgan fingerprint density at radius 3 is 3.07 bits per heavy atom. The van der Waals surface area contributed by atoms with E-state index in [0.717, 1.165) is 19.3 Å². The van der Waals surface area contributed by atoms with E-state index in [1.54, 1.807) is 11.1 Å². The van der Waals surface area contributed by atoms with Gasteiger partial charge in [-0.25, -0.2) is 0 Å². The van der Waals surface area contributed by atoms with Crippen LogP contribution in [-0.2, 0) is 4.74 Å². The molecule has 1 atom stereocenters. The van der Waals surface area contributed by atoms with Crippen LogP contribution in [0.25, 0.3) is 0 Å². The maximum absolute atomic E-state index is 5.39. The van der Waals surface area contributed by atoms with Gasteiger partial charge in [0.15, 0.2) is 0 Å². The van der Waals surface area contributed by atoms with E-state index >= 15 is 0 Å². The van der Waals surface area contributed by atoms with Crippen LogP contribution in [0.4, 0.5) is 0 Å². The first-order valence-electron chi connectivity index (χ1n) is 5.85. The Balaban J connectivity index is 1.85. The molecule has 0 bridgehead atoms. The van der Waals surface area contributed by atoms with Crippen molar-refractivity contribution >= 4 is 0 Å². The average Bonchev–Trinajstić information content (AvgIpc) is 2.72. The molecule has 0 aromatic carbocycles. The summed E-state index contributed by atoms with van der Waals surface area (Å²) in [6.45, 7) is 5.31. The quantitative estimate of drug-likeness (QED) is 0.682. The van der Waals surface area contributed by atoms with Crippen molar-refractivity contribution in [2.24, 2.45) is 0 Å². The highest BCUT2D eigenvalue weighted by Crippen LogP contribution is 2.21. The van der Waals surface area contributed by atoms with Crippen molar-refractivity contribution < 1.29 is 4.74 Å². The molecule has 2 aliphatic rings. The van der Waals surface area contributed by atoms with Gasteiger partial charge in [-0.3, -0.25) is 0 Å². The fraction of sp³-hybridized carbons (Fsp3) is 0.833. The van der Waals surface area contributed by atoms with Gasteiger partial charge in [0.1, 0.15) is 0 Å². The number of hydrogen-bond acceptors (Lipinski definition) is 2. The van der Waals surface area contributed by atoms with E-state index < -0.39 is 0 Å². The minimum absolute atomic E-state index is 0.733. The predicted molar refractivity (Wildman–Crippen MR) is 58.4 cm³/mol. The van der Waals surface area contributed by atoms with E-state index in [1.165, 1.54) is 38.6 Å². The normalized spacial score (nSPS) is 31.9. The summed E-state index contributed by atoms with van der Waals surface area (Å²) < 4.78 is 5.39. The molecule has 1 unspecified atom stereocenters. The Hall–Kier alpha value is -0.340. The highest BCUT2D eigenvalue weighted by atomic mass is 16.5. The van der Waals surface area contributed by atoms with Gasteiger partial charge < -0.3 is 10.1 Å². The zero-order valence-corrected chi connectivity index (χ0v) is 9.14. The molecule has 0 spiro atoms. The molecule has 2 heteroatoms. The molecule has 0 radical (unpaired) electrons. The van der Waals surface area contributed by atoms with Gasteiger partial charge in [-0.1, -0.05) is 12.0 Å². The van der Waals surface area contributed by atoms with Crippen molar-refractivity contribution in [3.63, 3.8) is 0 Å². The Bertz CT molecular complexity index is 208. The maximum Gasteiger partial charge on any atom is 0.0680 e. The molecule has 0 aromatic heterocycles. The number of ether oxygens (including phenoxy) is 1. The lowest BCUT2D eigenvalue weighted by Crippen LogP contribution is -2.34. The zero-order chi connectivity index (χ0) is 9.80. The van der Waals surface area contributed by atoms with E-state index in [4.69, 9.17) is 4.74 Å². The molecule has 0 amide bonds. The second-order valence-corrected chi connectivity index (χ2v) is 4.54. The molecule has 2 rings (SSSR count). The largest absolute Gasteiger partial charge is 0.377 e. The van der Waals surface area contributed by atoms with Crippen molar-refractivity contribution in [3.05, 3.63) is 11.1 Å². The highest BCUT2D eigenvalue weighted by molar-refractivity contribution is 5.16. The molecule has 14 heavy (non-hydrogen) atoms. The molecule has 0 aromatic rings. The van der Waals surface area contributed by atoms with Gasteiger partial charge in [-0.2, -0.15) is 0 Å². The molecule has 2 saturated heterocycles. The van der Waals surface area contributed by atoms with E-state index in [2.05, 4.69) is 12.2 Å².